The van der Waals surface area contributed by atoms with Gasteiger partial charge < -0.3 is 15.0 Å². The Bertz CT molecular complexity index is 483. The maximum absolute atomic E-state index is 13.9. The van der Waals surface area contributed by atoms with Crippen LogP contribution < -0.4 is 5.32 Å². The molecule has 0 aromatic heterocycles. The van der Waals surface area contributed by atoms with E-state index < -0.39 is 5.82 Å². The van der Waals surface area contributed by atoms with Crippen LogP contribution in [0.4, 0.5) is 10.1 Å². The maximum Gasteiger partial charge on any atom is 0.256 e. The molecule has 20 heavy (non-hydrogen) atoms. The summed E-state index contributed by atoms with van der Waals surface area (Å²) in [6, 6.07) is 4.59. The summed E-state index contributed by atoms with van der Waals surface area (Å²) in [7, 11) is 0. The molecule has 0 radical (unpaired) electrons. The molecular formula is C15H21FN2O2. The number of carbonyl (C=O) groups is 1. The van der Waals surface area contributed by atoms with Crippen molar-refractivity contribution in [3.8, 4) is 0 Å². The number of nitrogens with zero attached hydrogens (tertiary/aromatic N) is 1. The van der Waals surface area contributed by atoms with Crippen LogP contribution in [0.25, 0.3) is 0 Å². The van der Waals surface area contributed by atoms with Crippen LogP contribution in [0.2, 0.25) is 0 Å². The highest BCUT2D eigenvalue weighted by Crippen LogP contribution is 2.23. The Morgan fingerprint density at radius 1 is 1.40 bits per heavy atom. The molecule has 0 bridgehead atoms. The number of hydrogen-bond acceptors (Lipinski definition) is 3. The lowest BCUT2D eigenvalue weighted by molar-refractivity contribution is -0.0586. The zero-order chi connectivity index (χ0) is 14.7. The summed E-state index contributed by atoms with van der Waals surface area (Å²) >= 11 is 0. The average molecular weight is 280 g/mol. The molecule has 2 rings (SSSR count). The molecule has 1 saturated heterocycles. The minimum absolute atomic E-state index is 0.00107. The number of para-hydroxylation sites is 1. The number of anilines is 1. The van der Waals surface area contributed by atoms with E-state index in [1.807, 2.05) is 20.8 Å². The van der Waals surface area contributed by atoms with Gasteiger partial charge in [0.25, 0.3) is 5.91 Å². The second-order valence-corrected chi connectivity index (χ2v) is 5.16. The Morgan fingerprint density at radius 3 is 2.65 bits per heavy atom. The van der Waals surface area contributed by atoms with Crippen LogP contribution >= 0.6 is 0 Å². The molecule has 1 aromatic rings. The van der Waals surface area contributed by atoms with Crippen molar-refractivity contribution in [3.05, 3.63) is 29.6 Å². The molecule has 1 amide bonds. The fourth-order valence-corrected chi connectivity index (χ4v) is 2.57. The topological polar surface area (TPSA) is 41.6 Å². The lowest BCUT2D eigenvalue weighted by Gasteiger charge is -2.35. The fraction of sp³-hybridized carbons (Fsp3) is 0.533. The predicted octanol–water partition coefficient (Wildman–Crippen LogP) is 2.51. The number of rotatable bonds is 3. The molecule has 1 heterocycles. The molecular weight excluding hydrogens is 259 g/mol. The van der Waals surface area contributed by atoms with Crippen LogP contribution in [-0.4, -0.2) is 42.6 Å². The van der Waals surface area contributed by atoms with Crippen molar-refractivity contribution in [2.75, 3.05) is 25.0 Å². The zero-order valence-corrected chi connectivity index (χ0v) is 12.1. The average Bonchev–Trinajstić information content (AvgIpc) is 2.39. The van der Waals surface area contributed by atoms with Crippen molar-refractivity contribution in [1.29, 1.82) is 0 Å². The van der Waals surface area contributed by atoms with Crippen molar-refractivity contribution in [2.24, 2.45) is 0 Å². The first kappa shape index (κ1) is 14.8. The van der Waals surface area contributed by atoms with E-state index >= 15 is 0 Å². The Kier molecular flexibility index (Phi) is 4.60. The first-order valence-corrected chi connectivity index (χ1v) is 7.00. The number of carbonyl (C=O) groups excluding carboxylic acids is 1. The van der Waals surface area contributed by atoms with Crippen LogP contribution in [0.15, 0.2) is 18.2 Å². The van der Waals surface area contributed by atoms with E-state index in [1.165, 1.54) is 6.07 Å². The summed E-state index contributed by atoms with van der Waals surface area (Å²) in [6.07, 6.45) is -0.00214. The summed E-state index contributed by atoms with van der Waals surface area (Å²) < 4.78 is 19.5. The summed E-state index contributed by atoms with van der Waals surface area (Å²) in [5.74, 6) is -0.547. The molecule has 5 heteroatoms. The zero-order valence-electron chi connectivity index (χ0n) is 12.1. The highest BCUT2D eigenvalue weighted by atomic mass is 19.1. The van der Waals surface area contributed by atoms with Gasteiger partial charge in [-0.1, -0.05) is 6.07 Å². The Balaban J connectivity index is 2.26. The van der Waals surface area contributed by atoms with Crippen LogP contribution in [-0.2, 0) is 4.74 Å². The van der Waals surface area contributed by atoms with Crippen LogP contribution in [0.3, 0.4) is 0 Å². The van der Waals surface area contributed by atoms with E-state index in [-0.39, 0.29) is 23.8 Å². The number of benzene rings is 1. The minimum Gasteiger partial charge on any atom is -0.382 e. The molecule has 1 N–H and O–H groups in total. The standard InChI is InChI=1S/C15H21FN2O2/c1-4-17-14-12(6-5-7-13(14)16)15(19)18-8-10(2)20-11(3)9-18/h5-7,10-11,17H,4,8-9H2,1-3H3/t10-,11+. The van der Waals surface area contributed by atoms with Crippen molar-refractivity contribution >= 4 is 11.6 Å². The second-order valence-electron chi connectivity index (χ2n) is 5.16. The Hall–Kier alpha value is -1.62. The van der Waals surface area contributed by atoms with Gasteiger partial charge in [-0.3, -0.25) is 4.79 Å². The highest BCUT2D eigenvalue weighted by molar-refractivity contribution is 5.99. The lowest BCUT2D eigenvalue weighted by Crippen LogP contribution is -2.48. The normalized spacial score (nSPS) is 22.7. The third-order valence-electron chi connectivity index (χ3n) is 3.30. The van der Waals surface area contributed by atoms with Crippen LogP contribution in [0.1, 0.15) is 31.1 Å². The van der Waals surface area contributed by atoms with Gasteiger partial charge in [0.15, 0.2) is 0 Å². The highest BCUT2D eigenvalue weighted by Gasteiger charge is 2.28. The molecule has 1 aliphatic heterocycles. The van der Waals surface area contributed by atoms with E-state index in [4.69, 9.17) is 4.74 Å². The molecule has 0 aliphatic carbocycles. The number of hydrogen-bond donors (Lipinski definition) is 1. The summed E-state index contributed by atoms with van der Waals surface area (Å²) in [4.78, 5) is 14.3. The van der Waals surface area contributed by atoms with Gasteiger partial charge in [0, 0.05) is 19.6 Å². The summed E-state index contributed by atoms with van der Waals surface area (Å²) in [6.45, 7) is 7.38. The molecule has 0 unspecified atom stereocenters. The molecule has 1 aromatic carbocycles. The third-order valence-corrected chi connectivity index (χ3v) is 3.30. The predicted molar refractivity (Wildman–Crippen MR) is 76.5 cm³/mol. The van der Waals surface area contributed by atoms with Crippen molar-refractivity contribution in [3.63, 3.8) is 0 Å². The van der Waals surface area contributed by atoms with E-state index in [2.05, 4.69) is 5.32 Å². The smallest absolute Gasteiger partial charge is 0.256 e. The first-order chi connectivity index (χ1) is 9.52. The fourth-order valence-electron chi connectivity index (χ4n) is 2.57. The lowest BCUT2D eigenvalue weighted by atomic mass is 10.1. The second kappa shape index (κ2) is 6.22. The van der Waals surface area contributed by atoms with Gasteiger partial charge in [-0.15, -0.1) is 0 Å². The molecule has 0 spiro atoms. The quantitative estimate of drug-likeness (QED) is 0.925. The van der Waals surface area contributed by atoms with Gasteiger partial charge in [-0.2, -0.15) is 0 Å². The Labute approximate surface area is 118 Å². The van der Waals surface area contributed by atoms with Crippen molar-refractivity contribution in [1.82, 2.24) is 4.90 Å². The monoisotopic (exact) mass is 280 g/mol. The molecule has 2 atom stereocenters. The van der Waals surface area contributed by atoms with Crippen molar-refractivity contribution in [2.45, 2.75) is 33.0 Å². The van der Waals surface area contributed by atoms with Crippen molar-refractivity contribution < 1.29 is 13.9 Å². The van der Waals surface area contributed by atoms with Gasteiger partial charge >= 0.3 is 0 Å². The SMILES string of the molecule is CCNc1c(F)cccc1C(=O)N1C[C@@H](C)O[C@@H](C)C1. The number of nitrogens with one attached hydrogen (secondary N) is 1. The maximum atomic E-state index is 13.9. The van der Waals surface area contributed by atoms with Gasteiger partial charge in [0.05, 0.1) is 23.5 Å². The molecule has 110 valence electrons. The van der Waals surface area contributed by atoms with E-state index in [0.717, 1.165) is 0 Å². The van der Waals surface area contributed by atoms with Gasteiger partial charge in [0.2, 0.25) is 0 Å². The van der Waals surface area contributed by atoms with Crippen LogP contribution in [0.5, 0.6) is 0 Å². The van der Waals surface area contributed by atoms with Gasteiger partial charge in [-0.05, 0) is 32.9 Å². The largest absolute Gasteiger partial charge is 0.382 e. The molecule has 1 aliphatic rings. The van der Waals surface area contributed by atoms with Gasteiger partial charge in [-0.25, -0.2) is 4.39 Å². The molecule has 4 nitrogen and oxygen atoms in total. The number of amides is 1. The van der Waals surface area contributed by atoms with E-state index in [9.17, 15) is 9.18 Å². The van der Waals surface area contributed by atoms with E-state index in [1.54, 1.807) is 17.0 Å². The molecule has 1 fully saturated rings. The number of halogens is 1. The third kappa shape index (κ3) is 3.10. The first-order valence-electron chi connectivity index (χ1n) is 7.00. The van der Waals surface area contributed by atoms with Crippen LogP contribution in [0, 0.1) is 5.82 Å². The Morgan fingerprint density at radius 2 is 2.05 bits per heavy atom. The molecule has 0 saturated carbocycles. The number of ether oxygens (including phenoxy) is 1. The summed E-state index contributed by atoms with van der Waals surface area (Å²) in [5.41, 5.74) is 0.667. The summed E-state index contributed by atoms with van der Waals surface area (Å²) in [5, 5.41) is 2.93. The van der Waals surface area contributed by atoms with E-state index in [0.29, 0.717) is 25.2 Å². The van der Waals surface area contributed by atoms with Gasteiger partial charge in [0.1, 0.15) is 5.82 Å². The number of morpholine rings is 1. The minimum atomic E-state index is -0.396.